The van der Waals surface area contributed by atoms with Crippen molar-refractivity contribution in [3.63, 3.8) is 0 Å². The van der Waals surface area contributed by atoms with Crippen LogP contribution in [-0.4, -0.2) is 22.7 Å². The molecule has 1 atom stereocenters. The molecule has 0 aliphatic rings. The number of benzene rings is 1. The van der Waals surface area contributed by atoms with E-state index in [0.717, 1.165) is 19.3 Å². The normalized spacial score (nSPS) is 12.1. The molecular formula is C15H19ClO3. The molecular weight excluding hydrogens is 264 g/mol. The van der Waals surface area contributed by atoms with Gasteiger partial charge in [0.2, 0.25) is 0 Å². The van der Waals surface area contributed by atoms with Crippen LogP contribution in [0.15, 0.2) is 30.3 Å². The maximum Gasteiger partial charge on any atom is 0.314 e. The topological polar surface area (TPSA) is 54.4 Å². The number of carboxylic acids is 1. The Morgan fingerprint density at radius 2 is 1.84 bits per heavy atom. The molecule has 1 unspecified atom stereocenters. The fraction of sp³-hybridized carbons (Fsp3) is 0.467. The molecule has 0 aromatic heterocycles. The highest BCUT2D eigenvalue weighted by Gasteiger charge is 2.24. The zero-order valence-electron chi connectivity index (χ0n) is 10.8. The first kappa shape index (κ1) is 15.7. The molecule has 1 N–H and O–H groups in total. The highest BCUT2D eigenvalue weighted by Crippen LogP contribution is 2.14. The van der Waals surface area contributed by atoms with Crippen LogP contribution in [-0.2, 0) is 16.0 Å². The lowest BCUT2D eigenvalue weighted by Gasteiger charge is -2.10. The van der Waals surface area contributed by atoms with Gasteiger partial charge in [0.25, 0.3) is 0 Å². The monoisotopic (exact) mass is 282 g/mol. The fourth-order valence-corrected chi connectivity index (χ4v) is 2.20. The molecule has 0 saturated heterocycles. The van der Waals surface area contributed by atoms with Crippen molar-refractivity contribution in [2.75, 3.05) is 5.88 Å². The van der Waals surface area contributed by atoms with E-state index in [0.29, 0.717) is 6.42 Å². The summed E-state index contributed by atoms with van der Waals surface area (Å²) in [5.41, 5.74) is 1.24. The average molecular weight is 283 g/mol. The van der Waals surface area contributed by atoms with E-state index in [1.54, 1.807) is 0 Å². The number of aliphatic carboxylic acids is 1. The molecule has 0 aliphatic heterocycles. The number of rotatable bonds is 9. The average Bonchev–Trinajstić information content (AvgIpc) is 2.39. The SMILES string of the molecule is O=C(O)C(CCCCc1ccccc1)C(=O)CCCl. The Bertz CT molecular complexity index is 403. The van der Waals surface area contributed by atoms with Crippen LogP contribution in [0.2, 0.25) is 0 Å². The molecule has 0 amide bonds. The lowest BCUT2D eigenvalue weighted by Crippen LogP contribution is -2.24. The second kappa shape index (κ2) is 8.70. The standard InChI is InChI=1S/C15H19ClO3/c16-11-10-14(17)13(15(18)19)9-5-4-8-12-6-2-1-3-7-12/h1-3,6-7,13H,4-5,8-11H2,(H,18,19). The first-order chi connectivity index (χ1) is 9.15. The Morgan fingerprint density at radius 1 is 1.16 bits per heavy atom. The van der Waals surface area contributed by atoms with Crippen LogP contribution in [0.3, 0.4) is 0 Å². The van der Waals surface area contributed by atoms with Gasteiger partial charge in [-0.15, -0.1) is 11.6 Å². The Hall–Kier alpha value is -1.35. The highest BCUT2D eigenvalue weighted by molar-refractivity contribution is 6.19. The Balaban J connectivity index is 2.33. The second-order valence-corrected chi connectivity index (χ2v) is 4.91. The number of halogens is 1. The summed E-state index contributed by atoms with van der Waals surface area (Å²) >= 11 is 5.47. The summed E-state index contributed by atoms with van der Waals surface area (Å²) in [6, 6.07) is 10.0. The summed E-state index contributed by atoms with van der Waals surface area (Å²) in [6.45, 7) is 0. The number of ketones is 1. The molecule has 1 rings (SSSR count). The van der Waals surface area contributed by atoms with Crippen LogP contribution in [0.25, 0.3) is 0 Å². The molecule has 0 aliphatic carbocycles. The molecule has 0 heterocycles. The second-order valence-electron chi connectivity index (χ2n) is 4.53. The first-order valence-corrected chi connectivity index (χ1v) is 7.04. The molecule has 0 spiro atoms. The lowest BCUT2D eigenvalue weighted by atomic mass is 9.94. The zero-order chi connectivity index (χ0) is 14.1. The molecule has 3 nitrogen and oxygen atoms in total. The van der Waals surface area contributed by atoms with Crippen molar-refractivity contribution >= 4 is 23.4 Å². The van der Waals surface area contributed by atoms with Crippen molar-refractivity contribution in [3.05, 3.63) is 35.9 Å². The summed E-state index contributed by atoms with van der Waals surface area (Å²) in [4.78, 5) is 22.6. The maximum absolute atomic E-state index is 11.6. The molecule has 0 radical (unpaired) electrons. The molecule has 0 fully saturated rings. The third-order valence-electron chi connectivity index (χ3n) is 3.08. The van der Waals surface area contributed by atoms with E-state index in [9.17, 15) is 9.59 Å². The Labute approximate surface area is 118 Å². The Kier molecular flexibility index (Phi) is 7.19. The van der Waals surface area contributed by atoms with Gasteiger partial charge in [-0.3, -0.25) is 9.59 Å². The molecule has 0 bridgehead atoms. The largest absolute Gasteiger partial charge is 0.481 e. The fourth-order valence-electron chi connectivity index (χ4n) is 2.01. The van der Waals surface area contributed by atoms with Crippen LogP contribution in [0.4, 0.5) is 0 Å². The lowest BCUT2D eigenvalue weighted by molar-refractivity contribution is -0.146. The van der Waals surface area contributed by atoms with Gasteiger partial charge in [0.05, 0.1) is 0 Å². The summed E-state index contributed by atoms with van der Waals surface area (Å²) < 4.78 is 0. The van der Waals surface area contributed by atoms with Gasteiger partial charge in [-0.1, -0.05) is 36.8 Å². The third-order valence-corrected chi connectivity index (χ3v) is 3.27. The van der Waals surface area contributed by atoms with Crippen LogP contribution >= 0.6 is 11.6 Å². The number of carbonyl (C=O) groups excluding carboxylic acids is 1. The smallest absolute Gasteiger partial charge is 0.314 e. The van der Waals surface area contributed by atoms with Gasteiger partial charge in [0.1, 0.15) is 11.7 Å². The van der Waals surface area contributed by atoms with Crippen LogP contribution in [0, 0.1) is 5.92 Å². The predicted molar refractivity (Wildman–Crippen MR) is 75.5 cm³/mol. The molecule has 104 valence electrons. The van der Waals surface area contributed by atoms with Crippen LogP contribution < -0.4 is 0 Å². The van der Waals surface area contributed by atoms with E-state index in [2.05, 4.69) is 0 Å². The van der Waals surface area contributed by atoms with Gasteiger partial charge in [-0.05, 0) is 24.8 Å². The van der Waals surface area contributed by atoms with E-state index < -0.39 is 11.9 Å². The summed E-state index contributed by atoms with van der Waals surface area (Å²) in [5.74, 6) is -2.00. The summed E-state index contributed by atoms with van der Waals surface area (Å²) in [7, 11) is 0. The van der Waals surface area contributed by atoms with Gasteiger partial charge >= 0.3 is 5.97 Å². The minimum absolute atomic E-state index is 0.136. The number of hydrogen-bond acceptors (Lipinski definition) is 2. The molecule has 4 heteroatoms. The van der Waals surface area contributed by atoms with Crippen molar-refractivity contribution in [2.24, 2.45) is 5.92 Å². The number of aryl methyl sites for hydroxylation is 1. The van der Waals surface area contributed by atoms with Crippen molar-refractivity contribution in [1.82, 2.24) is 0 Å². The number of hydrogen-bond donors (Lipinski definition) is 1. The van der Waals surface area contributed by atoms with Gasteiger partial charge in [-0.2, -0.15) is 0 Å². The number of Topliss-reactive ketones (excluding diaryl/α,β-unsaturated/α-hetero) is 1. The summed E-state index contributed by atoms with van der Waals surface area (Å²) in [6.07, 6.45) is 3.08. The maximum atomic E-state index is 11.6. The van der Waals surface area contributed by atoms with Crippen LogP contribution in [0.5, 0.6) is 0 Å². The van der Waals surface area contributed by atoms with Crippen molar-refractivity contribution < 1.29 is 14.7 Å². The van der Waals surface area contributed by atoms with E-state index in [4.69, 9.17) is 16.7 Å². The number of carbonyl (C=O) groups is 2. The van der Waals surface area contributed by atoms with E-state index >= 15 is 0 Å². The molecule has 0 saturated carbocycles. The molecule has 19 heavy (non-hydrogen) atoms. The Morgan fingerprint density at radius 3 is 2.42 bits per heavy atom. The number of carboxylic acid groups (broad SMARTS) is 1. The molecule has 1 aromatic rings. The highest BCUT2D eigenvalue weighted by atomic mass is 35.5. The quantitative estimate of drug-likeness (QED) is 0.429. The van der Waals surface area contributed by atoms with Gasteiger partial charge in [0, 0.05) is 12.3 Å². The third kappa shape index (κ3) is 5.88. The van der Waals surface area contributed by atoms with Gasteiger partial charge in [0.15, 0.2) is 0 Å². The minimum Gasteiger partial charge on any atom is -0.481 e. The van der Waals surface area contributed by atoms with Crippen molar-refractivity contribution in [3.8, 4) is 0 Å². The van der Waals surface area contributed by atoms with E-state index in [-0.39, 0.29) is 18.1 Å². The predicted octanol–water partition coefficient (Wildman–Crippen LogP) is 3.30. The van der Waals surface area contributed by atoms with Crippen LogP contribution in [0.1, 0.15) is 31.2 Å². The number of alkyl halides is 1. The minimum atomic E-state index is -1.03. The molecule has 1 aromatic carbocycles. The van der Waals surface area contributed by atoms with Crippen molar-refractivity contribution in [2.45, 2.75) is 32.1 Å². The van der Waals surface area contributed by atoms with E-state index in [1.807, 2.05) is 30.3 Å². The van der Waals surface area contributed by atoms with Gasteiger partial charge in [-0.25, -0.2) is 0 Å². The number of unbranched alkanes of at least 4 members (excludes halogenated alkanes) is 1. The van der Waals surface area contributed by atoms with E-state index in [1.165, 1.54) is 5.56 Å². The van der Waals surface area contributed by atoms with Crippen molar-refractivity contribution in [1.29, 1.82) is 0 Å². The first-order valence-electron chi connectivity index (χ1n) is 6.50. The van der Waals surface area contributed by atoms with Gasteiger partial charge < -0.3 is 5.11 Å². The summed E-state index contributed by atoms with van der Waals surface area (Å²) in [5, 5.41) is 9.02. The zero-order valence-corrected chi connectivity index (χ0v) is 11.6.